The molecular weight excluding hydrogens is 276 g/mol. The highest BCUT2D eigenvalue weighted by Gasteiger charge is 2.59. The highest BCUT2D eigenvalue weighted by atomic mass is 35.5. The second-order valence-electron chi connectivity index (χ2n) is 5.63. The number of carbonyl (C=O) groups is 2. The van der Waals surface area contributed by atoms with Gasteiger partial charge in [-0.05, 0) is 36.5 Å². The molecule has 2 amide bonds. The summed E-state index contributed by atoms with van der Waals surface area (Å²) < 4.78 is 0. The van der Waals surface area contributed by atoms with E-state index >= 15 is 0 Å². The van der Waals surface area contributed by atoms with Gasteiger partial charge in [-0.15, -0.1) is 0 Å². The first-order valence-electron chi connectivity index (χ1n) is 6.73. The molecule has 2 fully saturated rings. The van der Waals surface area contributed by atoms with Gasteiger partial charge in [0.25, 0.3) is 11.8 Å². The minimum absolute atomic E-state index is 0.114. The molecule has 0 unspecified atom stereocenters. The Bertz CT molecular complexity index is 613. The molecule has 1 aromatic carbocycles. The average Bonchev–Trinajstić information content (AvgIpc) is 3.09. The van der Waals surface area contributed by atoms with Crippen molar-refractivity contribution in [2.45, 2.75) is 6.42 Å². The second kappa shape index (κ2) is 4.09. The molecule has 1 aliphatic heterocycles. The van der Waals surface area contributed by atoms with Crippen LogP contribution < -0.4 is 5.43 Å². The number of halogens is 1. The van der Waals surface area contributed by atoms with Crippen molar-refractivity contribution >= 4 is 29.1 Å². The molecule has 1 heterocycles. The number of benzene rings is 1. The molecule has 0 spiro atoms. The number of amides is 2. The maximum atomic E-state index is 12.5. The average molecular weight is 289 g/mol. The Balaban J connectivity index is 1.62. The van der Waals surface area contributed by atoms with Crippen molar-refractivity contribution in [2.24, 2.45) is 23.7 Å². The molecule has 4 rings (SSSR count). The predicted molar refractivity (Wildman–Crippen MR) is 74.6 cm³/mol. The number of hydrogen-bond acceptors (Lipinski definition) is 3. The van der Waals surface area contributed by atoms with E-state index in [-0.39, 0.29) is 35.5 Å². The molecule has 4 atom stereocenters. The zero-order valence-electron chi connectivity index (χ0n) is 10.6. The lowest BCUT2D eigenvalue weighted by Gasteiger charge is -2.19. The van der Waals surface area contributed by atoms with Crippen molar-refractivity contribution < 1.29 is 9.59 Å². The van der Waals surface area contributed by atoms with Crippen molar-refractivity contribution in [3.05, 3.63) is 41.4 Å². The summed E-state index contributed by atoms with van der Waals surface area (Å²) in [5.74, 6) is -0.123. The molecule has 2 bridgehead atoms. The van der Waals surface area contributed by atoms with Crippen LogP contribution in [0.3, 0.4) is 0 Å². The third kappa shape index (κ3) is 1.54. The standard InChI is InChI=1S/C15H13ClN2O2/c16-10-2-1-3-11(7-10)17-18-14(19)12-8-4-5-9(6-8)13(12)15(18)20/h1-5,7-9,12-13,17H,6H2/t8-,9+,12-,13+. The summed E-state index contributed by atoms with van der Waals surface area (Å²) in [6.45, 7) is 0. The van der Waals surface area contributed by atoms with E-state index < -0.39 is 0 Å². The normalized spacial score (nSPS) is 34.0. The quantitative estimate of drug-likeness (QED) is 0.672. The van der Waals surface area contributed by atoms with Crippen LogP contribution in [0.4, 0.5) is 5.69 Å². The Labute approximate surface area is 121 Å². The van der Waals surface area contributed by atoms with E-state index in [1.807, 2.05) is 0 Å². The fraction of sp³-hybridized carbons (Fsp3) is 0.333. The lowest BCUT2D eigenvalue weighted by molar-refractivity contribution is -0.139. The molecule has 1 saturated carbocycles. The van der Waals surface area contributed by atoms with Crippen LogP contribution >= 0.6 is 11.6 Å². The molecule has 2 aliphatic carbocycles. The Morgan fingerprint density at radius 1 is 1.10 bits per heavy atom. The third-order valence-corrected chi connectivity index (χ3v) is 4.77. The lowest BCUT2D eigenvalue weighted by Crippen LogP contribution is -2.37. The first kappa shape index (κ1) is 12.0. The fourth-order valence-electron chi connectivity index (χ4n) is 3.70. The molecule has 1 saturated heterocycles. The van der Waals surface area contributed by atoms with Crippen molar-refractivity contribution in [3.63, 3.8) is 0 Å². The molecule has 0 aromatic heterocycles. The number of imide groups is 1. The number of fused-ring (bicyclic) bond motifs is 5. The third-order valence-electron chi connectivity index (χ3n) is 4.54. The molecule has 102 valence electrons. The number of allylic oxidation sites excluding steroid dienone is 2. The zero-order chi connectivity index (χ0) is 13.9. The number of nitrogens with one attached hydrogen (secondary N) is 1. The summed E-state index contributed by atoms with van der Waals surface area (Å²) in [5, 5.41) is 1.74. The van der Waals surface area contributed by atoms with Gasteiger partial charge in [0.2, 0.25) is 0 Å². The maximum Gasteiger partial charge on any atom is 0.252 e. The molecule has 1 aromatic rings. The molecule has 1 N–H and O–H groups in total. The topological polar surface area (TPSA) is 49.4 Å². The highest BCUT2D eigenvalue weighted by Crippen LogP contribution is 2.52. The van der Waals surface area contributed by atoms with Crippen LogP contribution in [-0.2, 0) is 9.59 Å². The van der Waals surface area contributed by atoms with Crippen LogP contribution in [-0.4, -0.2) is 16.8 Å². The van der Waals surface area contributed by atoms with E-state index in [1.165, 1.54) is 5.01 Å². The van der Waals surface area contributed by atoms with Crippen LogP contribution in [0.25, 0.3) is 0 Å². The van der Waals surface area contributed by atoms with E-state index in [1.54, 1.807) is 24.3 Å². The summed E-state index contributed by atoms with van der Waals surface area (Å²) in [6.07, 6.45) is 5.11. The lowest BCUT2D eigenvalue weighted by atomic mass is 9.85. The van der Waals surface area contributed by atoms with E-state index in [0.717, 1.165) is 6.42 Å². The molecule has 0 radical (unpaired) electrons. The van der Waals surface area contributed by atoms with E-state index in [0.29, 0.717) is 10.7 Å². The molecule has 20 heavy (non-hydrogen) atoms. The van der Waals surface area contributed by atoms with Crippen molar-refractivity contribution in [1.82, 2.24) is 5.01 Å². The van der Waals surface area contributed by atoms with Gasteiger partial charge < -0.3 is 0 Å². The summed E-state index contributed by atoms with van der Waals surface area (Å²) in [5.41, 5.74) is 3.55. The van der Waals surface area contributed by atoms with Crippen LogP contribution in [0, 0.1) is 23.7 Å². The van der Waals surface area contributed by atoms with Crippen LogP contribution in [0.5, 0.6) is 0 Å². The largest absolute Gasteiger partial charge is 0.289 e. The Kier molecular flexibility index (Phi) is 2.45. The Morgan fingerprint density at radius 2 is 1.75 bits per heavy atom. The van der Waals surface area contributed by atoms with Gasteiger partial charge in [0.05, 0.1) is 17.5 Å². The first-order valence-corrected chi connectivity index (χ1v) is 7.11. The van der Waals surface area contributed by atoms with E-state index in [4.69, 9.17) is 11.6 Å². The molecular formula is C15H13ClN2O2. The Hall–Kier alpha value is -1.81. The number of hydrogen-bond donors (Lipinski definition) is 1. The van der Waals surface area contributed by atoms with Gasteiger partial charge >= 0.3 is 0 Å². The van der Waals surface area contributed by atoms with Crippen LogP contribution in [0.2, 0.25) is 5.02 Å². The number of anilines is 1. The van der Waals surface area contributed by atoms with Crippen molar-refractivity contribution in [2.75, 3.05) is 5.43 Å². The van der Waals surface area contributed by atoms with Gasteiger partial charge in [-0.25, -0.2) is 0 Å². The monoisotopic (exact) mass is 288 g/mol. The van der Waals surface area contributed by atoms with Crippen molar-refractivity contribution in [1.29, 1.82) is 0 Å². The van der Waals surface area contributed by atoms with E-state index in [9.17, 15) is 9.59 Å². The fourth-order valence-corrected chi connectivity index (χ4v) is 3.89. The zero-order valence-corrected chi connectivity index (χ0v) is 11.4. The van der Waals surface area contributed by atoms with Gasteiger partial charge in [-0.1, -0.05) is 29.8 Å². The van der Waals surface area contributed by atoms with Gasteiger partial charge in [0.1, 0.15) is 0 Å². The Morgan fingerprint density at radius 3 is 2.35 bits per heavy atom. The van der Waals surface area contributed by atoms with Gasteiger partial charge in [-0.2, -0.15) is 5.01 Å². The SMILES string of the molecule is O=C1[C@@H]2[C@H](C(=O)N1Nc1cccc(Cl)c1)[C@@H]1C=C[C@H]2C1. The number of nitrogens with zero attached hydrogens (tertiary/aromatic N) is 1. The minimum Gasteiger partial charge on any atom is -0.289 e. The summed E-state index contributed by atoms with van der Waals surface area (Å²) in [6, 6.07) is 7.01. The van der Waals surface area contributed by atoms with E-state index in [2.05, 4.69) is 17.6 Å². The van der Waals surface area contributed by atoms with Crippen molar-refractivity contribution in [3.8, 4) is 0 Å². The number of rotatable bonds is 2. The summed E-state index contributed by atoms with van der Waals surface area (Å²) >= 11 is 5.92. The molecule has 5 heteroatoms. The highest BCUT2D eigenvalue weighted by molar-refractivity contribution is 6.30. The molecule has 3 aliphatic rings. The first-order chi connectivity index (χ1) is 9.65. The molecule has 4 nitrogen and oxygen atoms in total. The minimum atomic E-state index is -0.177. The maximum absolute atomic E-state index is 12.5. The smallest absolute Gasteiger partial charge is 0.252 e. The second-order valence-corrected chi connectivity index (χ2v) is 6.07. The summed E-state index contributed by atoms with van der Waals surface area (Å²) in [7, 11) is 0. The number of carbonyl (C=O) groups excluding carboxylic acids is 2. The van der Waals surface area contributed by atoms with Gasteiger partial charge in [0.15, 0.2) is 0 Å². The number of hydrazine groups is 1. The summed E-state index contributed by atoms with van der Waals surface area (Å²) in [4.78, 5) is 24.9. The van der Waals surface area contributed by atoms with Gasteiger partial charge in [0, 0.05) is 5.02 Å². The van der Waals surface area contributed by atoms with Crippen LogP contribution in [0.1, 0.15) is 6.42 Å². The predicted octanol–water partition coefficient (Wildman–Crippen LogP) is 2.47. The van der Waals surface area contributed by atoms with Gasteiger partial charge in [-0.3, -0.25) is 15.0 Å². The van der Waals surface area contributed by atoms with Crippen LogP contribution in [0.15, 0.2) is 36.4 Å².